The van der Waals surface area contributed by atoms with Crippen molar-refractivity contribution in [2.45, 2.75) is 52.2 Å². The van der Waals surface area contributed by atoms with E-state index < -0.39 is 0 Å². The second kappa shape index (κ2) is 5.85. The zero-order valence-corrected chi connectivity index (χ0v) is 11.8. The topological polar surface area (TPSA) is 23.5 Å². The fourth-order valence-corrected chi connectivity index (χ4v) is 2.68. The van der Waals surface area contributed by atoms with Gasteiger partial charge in [-0.3, -0.25) is 4.90 Å². The van der Waals surface area contributed by atoms with Crippen molar-refractivity contribution in [1.82, 2.24) is 4.90 Å². The van der Waals surface area contributed by atoms with Gasteiger partial charge in [0, 0.05) is 12.6 Å². The van der Waals surface area contributed by atoms with E-state index >= 15 is 0 Å². The van der Waals surface area contributed by atoms with Gasteiger partial charge in [0.25, 0.3) is 0 Å². The Balaban J connectivity index is 2.02. The molecule has 1 fully saturated rings. The van der Waals surface area contributed by atoms with Crippen molar-refractivity contribution < 1.29 is 5.11 Å². The molecule has 0 bridgehead atoms. The average Bonchev–Trinajstić information content (AvgIpc) is 3.10. The summed E-state index contributed by atoms with van der Waals surface area (Å²) in [5, 5.41) is 10.4. The number of hydrogen-bond donors (Lipinski definition) is 1. The molecular weight excluding hydrogens is 222 g/mol. The van der Waals surface area contributed by atoms with Gasteiger partial charge in [-0.2, -0.15) is 0 Å². The van der Waals surface area contributed by atoms with E-state index in [1.165, 1.54) is 24.0 Å². The van der Waals surface area contributed by atoms with Gasteiger partial charge >= 0.3 is 0 Å². The summed E-state index contributed by atoms with van der Waals surface area (Å²) in [6.07, 6.45) is 3.42. The quantitative estimate of drug-likeness (QED) is 0.834. The van der Waals surface area contributed by atoms with Gasteiger partial charge in [0.05, 0.1) is 6.10 Å². The maximum Gasteiger partial charge on any atom is 0.0917 e. The maximum absolute atomic E-state index is 10.4. The van der Waals surface area contributed by atoms with Gasteiger partial charge < -0.3 is 5.11 Å². The monoisotopic (exact) mass is 247 g/mol. The van der Waals surface area contributed by atoms with E-state index in [-0.39, 0.29) is 6.10 Å². The Morgan fingerprint density at radius 1 is 1.22 bits per heavy atom. The number of benzene rings is 1. The van der Waals surface area contributed by atoms with E-state index in [2.05, 4.69) is 43.9 Å². The summed E-state index contributed by atoms with van der Waals surface area (Å²) >= 11 is 0. The highest BCUT2D eigenvalue weighted by molar-refractivity contribution is 5.30. The van der Waals surface area contributed by atoms with Gasteiger partial charge in [-0.1, -0.05) is 36.2 Å². The molecule has 1 atom stereocenters. The highest BCUT2D eigenvalue weighted by Gasteiger charge is 2.29. The van der Waals surface area contributed by atoms with E-state index in [4.69, 9.17) is 0 Å². The molecule has 1 aromatic carbocycles. The first kappa shape index (κ1) is 13.6. The number of rotatable bonds is 6. The lowest BCUT2D eigenvalue weighted by Gasteiger charge is -2.25. The van der Waals surface area contributed by atoms with Crippen molar-refractivity contribution in [3.05, 3.63) is 34.9 Å². The van der Waals surface area contributed by atoms with Crippen molar-refractivity contribution in [3.8, 4) is 0 Å². The van der Waals surface area contributed by atoms with Crippen LogP contribution in [0.5, 0.6) is 0 Å². The highest BCUT2D eigenvalue weighted by Crippen LogP contribution is 2.29. The van der Waals surface area contributed by atoms with Crippen LogP contribution in [0.4, 0.5) is 0 Å². The van der Waals surface area contributed by atoms with E-state index in [0.29, 0.717) is 0 Å². The smallest absolute Gasteiger partial charge is 0.0917 e. The third-order valence-corrected chi connectivity index (χ3v) is 3.61. The Hall–Kier alpha value is -0.860. The predicted molar refractivity (Wildman–Crippen MR) is 75.8 cm³/mol. The van der Waals surface area contributed by atoms with Crippen LogP contribution in [0.15, 0.2) is 18.2 Å². The molecule has 18 heavy (non-hydrogen) atoms. The first-order chi connectivity index (χ1) is 8.60. The fraction of sp³-hybridized carbons (Fsp3) is 0.625. The molecule has 0 aromatic heterocycles. The first-order valence-electron chi connectivity index (χ1n) is 7.10. The van der Waals surface area contributed by atoms with E-state index in [1.54, 1.807) is 0 Å². The Morgan fingerprint density at radius 2 is 1.83 bits per heavy atom. The number of aryl methyl sites for hydroxylation is 2. The minimum absolute atomic E-state index is 0.351. The normalized spacial score (nSPS) is 17.2. The van der Waals surface area contributed by atoms with Crippen LogP contribution in [0.25, 0.3) is 0 Å². The van der Waals surface area contributed by atoms with Crippen LogP contribution >= 0.6 is 0 Å². The molecule has 1 aliphatic rings. The van der Waals surface area contributed by atoms with Crippen molar-refractivity contribution in [2.24, 2.45) is 0 Å². The molecule has 1 N–H and O–H groups in total. The van der Waals surface area contributed by atoms with Gasteiger partial charge in [-0.25, -0.2) is 0 Å². The summed E-state index contributed by atoms with van der Waals surface area (Å²) in [7, 11) is 0. The largest absolute Gasteiger partial charge is 0.387 e. The second-order valence-electron chi connectivity index (χ2n) is 5.66. The molecule has 0 spiro atoms. The predicted octanol–water partition coefficient (Wildman–Crippen LogP) is 3.21. The Labute approximate surface area is 111 Å². The summed E-state index contributed by atoms with van der Waals surface area (Å²) in [6, 6.07) is 7.09. The Bertz CT molecular complexity index is 378. The molecule has 0 heterocycles. The highest BCUT2D eigenvalue weighted by atomic mass is 16.3. The van der Waals surface area contributed by atoms with Gasteiger partial charge in [0.1, 0.15) is 0 Å². The van der Waals surface area contributed by atoms with Crippen LogP contribution in [-0.4, -0.2) is 29.1 Å². The molecule has 0 saturated heterocycles. The fourth-order valence-electron chi connectivity index (χ4n) is 2.68. The van der Waals surface area contributed by atoms with Crippen LogP contribution < -0.4 is 0 Å². The summed E-state index contributed by atoms with van der Waals surface area (Å²) in [4.78, 5) is 2.45. The summed E-state index contributed by atoms with van der Waals surface area (Å²) in [5.41, 5.74) is 3.53. The van der Waals surface area contributed by atoms with Crippen molar-refractivity contribution in [1.29, 1.82) is 0 Å². The van der Waals surface area contributed by atoms with Crippen molar-refractivity contribution >= 4 is 0 Å². The molecule has 2 heteroatoms. The average molecular weight is 247 g/mol. The van der Waals surface area contributed by atoms with E-state index in [1.807, 2.05) is 0 Å². The zero-order valence-electron chi connectivity index (χ0n) is 11.8. The third-order valence-electron chi connectivity index (χ3n) is 3.61. The van der Waals surface area contributed by atoms with Gasteiger partial charge in [0.15, 0.2) is 0 Å². The molecule has 2 nitrogen and oxygen atoms in total. The lowest BCUT2D eigenvalue weighted by Crippen LogP contribution is -2.31. The van der Waals surface area contributed by atoms with Gasteiger partial charge in [0.2, 0.25) is 0 Å². The zero-order chi connectivity index (χ0) is 13.1. The van der Waals surface area contributed by atoms with E-state index in [9.17, 15) is 5.11 Å². The van der Waals surface area contributed by atoms with Gasteiger partial charge in [-0.15, -0.1) is 0 Å². The minimum Gasteiger partial charge on any atom is -0.387 e. The first-order valence-corrected chi connectivity index (χ1v) is 7.10. The van der Waals surface area contributed by atoms with Gasteiger partial charge in [-0.05, 0) is 45.2 Å². The molecule has 1 aliphatic carbocycles. The van der Waals surface area contributed by atoms with Crippen LogP contribution in [0.2, 0.25) is 0 Å². The molecule has 1 saturated carbocycles. The lowest BCUT2D eigenvalue weighted by molar-refractivity contribution is 0.108. The lowest BCUT2D eigenvalue weighted by atomic mass is 10.0. The molecule has 2 rings (SSSR count). The summed E-state index contributed by atoms with van der Waals surface area (Å²) < 4.78 is 0. The number of hydrogen-bond acceptors (Lipinski definition) is 2. The van der Waals surface area contributed by atoms with Crippen LogP contribution in [0, 0.1) is 13.8 Å². The van der Waals surface area contributed by atoms with Crippen molar-refractivity contribution in [2.75, 3.05) is 13.1 Å². The Kier molecular flexibility index (Phi) is 4.41. The number of nitrogens with zero attached hydrogens (tertiary/aromatic N) is 1. The van der Waals surface area contributed by atoms with Crippen molar-refractivity contribution in [3.63, 3.8) is 0 Å². The SMILES string of the molecule is CCCN(CC(O)c1cc(C)cc(C)c1)C1CC1. The molecule has 1 unspecified atom stereocenters. The molecule has 1 aromatic rings. The standard InChI is InChI=1S/C16H25NO/c1-4-7-17(15-5-6-15)11-16(18)14-9-12(2)8-13(3)10-14/h8-10,15-16,18H,4-7,11H2,1-3H3. The molecule has 100 valence electrons. The van der Waals surface area contributed by atoms with E-state index in [0.717, 1.165) is 31.1 Å². The molecule has 0 radical (unpaired) electrons. The molecule has 0 aliphatic heterocycles. The summed E-state index contributed by atoms with van der Waals surface area (Å²) in [6.45, 7) is 8.27. The summed E-state index contributed by atoms with van der Waals surface area (Å²) in [5.74, 6) is 0. The minimum atomic E-state index is -0.351. The molecular formula is C16H25NO. The maximum atomic E-state index is 10.4. The second-order valence-corrected chi connectivity index (χ2v) is 5.66. The van der Waals surface area contributed by atoms with Crippen LogP contribution in [-0.2, 0) is 0 Å². The third kappa shape index (κ3) is 3.56. The Morgan fingerprint density at radius 3 is 2.33 bits per heavy atom. The molecule has 0 amide bonds. The van der Waals surface area contributed by atoms with Crippen LogP contribution in [0.3, 0.4) is 0 Å². The number of aliphatic hydroxyl groups is 1. The number of aliphatic hydroxyl groups excluding tert-OH is 1. The van der Waals surface area contributed by atoms with Crippen LogP contribution in [0.1, 0.15) is 49.0 Å².